The molecule has 2 aromatic rings. The zero-order valence-electron chi connectivity index (χ0n) is 10.6. The molecular formula is C12Br10O2. The van der Waals surface area contributed by atoms with E-state index < -0.39 is 0 Å². The van der Waals surface area contributed by atoms with Gasteiger partial charge in [0.25, 0.3) is 0 Å². The van der Waals surface area contributed by atoms with Crippen LogP contribution in [0.3, 0.4) is 0 Å². The second-order valence-electron chi connectivity index (χ2n) is 3.99. The molecule has 0 aliphatic carbocycles. The molecule has 0 aromatic heterocycles. The molecule has 0 bridgehead atoms. The van der Waals surface area contributed by atoms with Crippen LogP contribution in [0.15, 0.2) is 40.3 Å². The molecule has 2 nitrogen and oxygen atoms in total. The quantitative estimate of drug-likeness (QED) is 0.225. The fraction of sp³-hybridized carbons (Fsp3) is 0. The van der Waals surface area contributed by atoms with Crippen molar-refractivity contribution in [3.63, 3.8) is 0 Å². The monoisotopic (exact) mass is 965 g/mol. The molecule has 0 atom stereocenters. The van der Waals surface area contributed by atoms with Crippen molar-refractivity contribution in [1.29, 1.82) is 0 Å². The molecule has 0 amide bonds. The van der Waals surface area contributed by atoms with Crippen LogP contribution in [-0.2, 0) is 0 Å². The molecule has 130 valence electrons. The standard InChI is InChI=1S/C12Br10O2/c13-1-2(14)4(16)10(5(17)3(1)15)23-11-6(18)8(20)12(24-22)9(21)7(11)19. The lowest BCUT2D eigenvalue weighted by Crippen LogP contribution is -1.95. The van der Waals surface area contributed by atoms with Gasteiger partial charge in [0.05, 0.1) is 35.8 Å². The van der Waals surface area contributed by atoms with E-state index in [0.29, 0.717) is 35.1 Å². The summed E-state index contributed by atoms with van der Waals surface area (Å²) in [4.78, 5) is 0. The molecular weight excluding hydrogens is 975 g/mol. The minimum atomic E-state index is 0.560. The van der Waals surface area contributed by atoms with Crippen LogP contribution in [0.4, 0.5) is 0 Å². The minimum Gasteiger partial charge on any atom is -0.452 e. The highest BCUT2D eigenvalue weighted by Gasteiger charge is 2.25. The fourth-order valence-electron chi connectivity index (χ4n) is 1.53. The number of rotatable bonds is 3. The summed E-state index contributed by atoms with van der Waals surface area (Å²) in [5, 5.41) is 0. The Hall–Kier alpha value is 2.84. The summed E-state index contributed by atoms with van der Waals surface area (Å²) in [6.45, 7) is 0. The van der Waals surface area contributed by atoms with E-state index in [1.54, 1.807) is 0 Å². The lowest BCUT2D eigenvalue weighted by molar-refractivity contribution is 0.467. The summed E-state index contributed by atoms with van der Waals surface area (Å²) >= 11 is 34.7. The van der Waals surface area contributed by atoms with Gasteiger partial charge in [0.2, 0.25) is 0 Å². The molecule has 0 aliphatic heterocycles. The second kappa shape index (κ2) is 9.56. The van der Waals surface area contributed by atoms with Gasteiger partial charge in [-0.25, -0.2) is 0 Å². The van der Waals surface area contributed by atoms with Gasteiger partial charge >= 0.3 is 0 Å². The summed E-state index contributed by atoms with van der Waals surface area (Å²) in [6, 6.07) is 0. The Bertz CT molecular complexity index is 778. The number of hydrogen-bond acceptors (Lipinski definition) is 2. The average molecular weight is 975 g/mol. The van der Waals surface area contributed by atoms with Crippen LogP contribution in [-0.4, -0.2) is 0 Å². The lowest BCUT2D eigenvalue weighted by Gasteiger charge is -2.18. The molecule has 2 rings (SSSR count). The number of halogens is 10. The zero-order chi connectivity index (χ0) is 18.3. The van der Waals surface area contributed by atoms with Crippen molar-refractivity contribution in [3.8, 4) is 17.2 Å². The smallest absolute Gasteiger partial charge is 0.179 e. The van der Waals surface area contributed by atoms with Crippen LogP contribution in [0.25, 0.3) is 0 Å². The number of benzene rings is 2. The Morgan fingerprint density at radius 1 is 0.375 bits per heavy atom. The first-order chi connectivity index (χ1) is 11.1. The molecule has 0 fully saturated rings. The summed E-state index contributed by atoms with van der Waals surface area (Å²) in [6.07, 6.45) is 0. The van der Waals surface area contributed by atoms with E-state index in [0.717, 1.165) is 22.4 Å². The Kier molecular flexibility index (Phi) is 9.21. The SMILES string of the molecule is BrOc1c(Br)c(Br)c(Oc2c(Br)c(Br)c(Br)c(Br)c2Br)c(Br)c1Br. The topological polar surface area (TPSA) is 18.5 Å². The third-order valence-electron chi connectivity index (χ3n) is 2.63. The van der Waals surface area contributed by atoms with Crippen molar-refractivity contribution in [2.75, 3.05) is 0 Å². The van der Waals surface area contributed by atoms with Crippen LogP contribution in [0.1, 0.15) is 0 Å². The van der Waals surface area contributed by atoms with Gasteiger partial charge in [-0.15, -0.1) is 0 Å². The predicted molar refractivity (Wildman–Crippen MR) is 132 cm³/mol. The largest absolute Gasteiger partial charge is 0.452 e. The Balaban J connectivity index is 2.71. The maximum atomic E-state index is 6.18. The van der Waals surface area contributed by atoms with Crippen molar-refractivity contribution in [2.45, 2.75) is 0 Å². The normalized spacial score (nSPS) is 10.9. The zero-order valence-corrected chi connectivity index (χ0v) is 26.5. The molecule has 24 heavy (non-hydrogen) atoms. The Morgan fingerprint density at radius 2 is 0.625 bits per heavy atom. The van der Waals surface area contributed by atoms with Crippen molar-refractivity contribution in [2.24, 2.45) is 0 Å². The molecule has 2 aromatic carbocycles. The minimum absolute atomic E-state index is 0.560. The van der Waals surface area contributed by atoms with Crippen molar-refractivity contribution < 1.29 is 8.57 Å². The highest BCUT2D eigenvalue weighted by atomic mass is 79.9. The van der Waals surface area contributed by atoms with Crippen LogP contribution in [0.5, 0.6) is 17.2 Å². The van der Waals surface area contributed by atoms with Crippen LogP contribution >= 0.6 is 160 Å². The Morgan fingerprint density at radius 3 is 0.958 bits per heavy atom. The summed E-state index contributed by atoms with van der Waals surface area (Å²) in [5.41, 5.74) is 0. The van der Waals surface area contributed by atoms with E-state index >= 15 is 0 Å². The first-order valence-corrected chi connectivity index (χ1v) is 13.3. The van der Waals surface area contributed by atoms with Gasteiger partial charge in [-0.2, -0.15) is 0 Å². The lowest BCUT2D eigenvalue weighted by atomic mass is 10.3. The molecule has 0 radical (unpaired) electrons. The van der Waals surface area contributed by atoms with E-state index in [9.17, 15) is 0 Å². The first kappa shape index (κ1) is 23.1. The molecule has 0 N–H and O–H groups in total. The summed E-state index contributed by atoms with van der Waals surface area (Å²) in [7, 11) is 0. The molecule has 0 spiro atoms. The molecule has 0 aliphatic rings. The van der Waals surface area contributed by atoms with Crippen molar-refractivity contribution in [1.82, 2.24) is 0 Å². The van der Waals surface area contributed by atoms with Gasteiger partial charge in [0.1, 0.15) is 0 Å². The summed E-state index contributed by atoms with van der Waals surface area (Å²) in [5.74, 6) is 1.71. The summed E-state index contributed by atoms with van der Waals surface area (Å²) < 4.78 is 18.1. The fourth-order valence-corrected chi connectivity index (χ4v) is 7.82. The molecule has 0 saturated carbocycles. The van der Waals surface area contributed by atoms with Gasteiger partial charge in [-0.3, -0.25) is 0 Å². The van der Waals surface area contributed by atoms with Crippen LogP contribution < -0.4 is 8.57 Å². The average Bonchev–Trinajstić information content (AvgIpc) is 2.56. The van der Waals surface area contributed by atoms with Gasteiger partial charge in [-0.1, -0.05) is 0 Å². The van der Waals surface area contributed by atoms with E-state index in [1.165, 1.54) is 0 Å². The number of hydrogen-bond donors (Lipinski definition) is 0. The van der Waals surface area contributed by atoms with Gasteiger partial charge < -0.3 is 8.57 Å². The van der Waals surface area contributed by atoms with Crippen molar-refractivity contribution >= 4 is 160 Å². The van der Waals surface area contributed by atoms with Crippen molar-refractivity contribution in [3.05, 3.63) is 40.3 Å². The highest BCUT2D eigenvalue weighted by molar-refractivity contribution is 9.16. The third kappa shape index (κ3) is 4.37. The number of ether oxygens (including phenoxy) is 1. The molecule has 0 unspecified atom stereocenters. The van der Waals surface area contributed by atoms with Crippen LogP contribution in [0, 0.1) is 0 Å². The van der Waals surface area contributed by atoms with E-state index in [1.807, 2.05) is 0 Å². The van der Waals surface area contributed by atoms with Gasteiger partial charge in [0, 0.05) is 4.47 Å². The second-order valence-corrected chi connectivity index (χ2v) is 11.5. The first-order valence-electron chi connectivity index (χ1n) is 5.47. The van der Waals surface area contributed by atoms with Gasteiger partial charge in [0.15, 0.2) is 33.5 Å². The van der Waals surface area contributed by atoms with Gasteiger partial charge in [-0.05, 0) is 143 Å². The van der Waals surface area contributed by atoms with E-state index in [2.05, 4.69) is 160 Å². The third-order valence-corrected chi connectivity index (χ3v) is 13.1. The van der Waals surface area contributed by atoms with Crippen LogP contribution in [0.2, 0.25) is 0 Å². The molecule has 0 saturated heterocycles. The maximum absolute atomic E-state index is 6.18. The highest BCUT2D eigenvalue weighted by Crippen LogP contribution is 2.55. The molecule has 0 heterocycles. The Labute approximate surface area is 222 Å². The van der Waals surface area contributed by atoms with E-state index in [4.69, 9.17) is 8.57 Å². The molecule has 12 heteroatoms. The predicted octanol–water partition coefficient (Wildman–Crippen LogP) is 11.0. The van der Waals surface area contributed by atoms with E-state index in [-0.39, 0.29) is 0 Å². The maximum Gasteiger partial charge on any atom is 0.179 e.